The first-order valence-corrected chi connectivity index (χ1v) is 8.59. The summed E-state index contributed by atoms with van der Waals surface area (Å²) in [6, 6.07) is 7.33. The molecule has 0 radical (unpaired) electrons. The Hall–Kier alpha value is -0.390. The molecule has 0 bridgehead atoms. The number of hydrogen-bond acceptors (Lipinski definition) is 3. The molecule has 0 saturated carbocycles. The molecule has 6 heteroatoms. The number of sulfonamides is 1. The van der Waals surface area contributed by atoms with Crippen molar-refractivity contribution in [3.05, 3.63) is 24.3 Å². The van der Waals surface area contributed by atoms with Gasteiger partial charge < -0.3 is 0 Å². The van der Waals surface area contributed by atoms with E-state index in [-0.39, 0.29) is 11.7 Å². The first-order valence-electron chi connectivity index (χ1n) is 5.18. The topological polar surface area (TPSA) is 46.2 Å². The first kappa shape index (κ1) is 14.7. The van der Waals surface area contributed by atoms with E-state index in [1.807, 2.05) is 31.4 Å². The number of rotatable bonds is 6. The zero-order valence-corrected chi connectivity index (χ0v) is 12.2. The van der Waals surface area contributed by atoms with Gasteiger partial charge in [-0.3, -0.25) is 4.72 Å². The van der Waals surface area contributed by atoms with Crippen molar-refractivity contribution in [3.8, 4) is 0 Å². The van der Waals surface area contributed by atoms with Gasteiger partial charge in [-0.2, -0.15) is 0 Å². The second kappa shape index (κ2) is 6.52. The SMILES string of the molecule is CSc1ccccc1NS(=O)(=O)CC(C)CCl. The molecule has 1 atom stereocenters. The van der Waals surface area contributed by atoms with Gasteiger partial charge in [-0.25, -0.2) is 8.42 Å². The Morgan fingerprint density at radius 2 is 2.06 bits per heavy atom. The number of benzene rings is 1. The fourth-order valence-electron chi connectivity index (χ4n) is 1.36. The molecule has 0 aromatic heterocycles. The normalized spacial score (nSPS) is 13.4. The minimum absolute atomic E-state index is 0.0409. The van der Waals surface area contributed by atoms with Crippen LogP contribution in [0, 0.1) is 5.92 Å². The highest BCUT2D eigenvalue weighted by atomic mass is 35.5. The molecular formula is C11H16ClNO2S2. The van der Waals surface area contributed by atoms with Gasteiger partial charge >= 0.3 is 0 Å². The number of anilines is 1. The van der Waals surface area contributed by atoms with E-state index in [1.54, 1.807) is 6.07 Å². The zero-order chi connectivity index (χ0) is 12.9. The predicted octanol–water partition coefficient (Wildman–Crippen LogP) is 3.03. The Labute approximate surface area is 112 Å². The molecule has 1 N–H and O–H groups in total. The Bertz CT molecular complexity index is 462. The number of halogens is 1. The molecule has 1 unspecified atom stereocenters. The fraction of sp³-hybridized carbons (Fsp3) is 0.455. The van der Waals surface area contributed by atoms with Crippen molar-refractivity contribution in [2.75, 3.05) is 22.6 Å². The number of hydrogen-bond donors (Lipinski definition) is 1. The molecular weight excluding hydrogens is 278 g/mol. The van der Waals surface area contributed by atoms with Gasteiger partial charge in [-0.1, -0.05) is 19.1 Å². The third kappa shape index (κ3) is 4.77. The maximum Gasteiger partial charge on any atom is 0.233 e. The van der Waals surface area contributed by atoms with Crippen LogP contribution in [0.25, 0.3) is 0 Å². The monoisotopic (exact) mass is 293 g/mol. The smallest absolute Gasteiger partial charge is 0.233 e. The van der Waals surface area contributed by atoms with Crippen molar-refractivity contribution in [1.29, 1.82) is 0 Å². The van der Waals surface area contributed by atoms with E-state index in [0.717, 1.165) is 4.90 Å². The molecule has 0 amide bonds. The molecule has 0 spiro atoms. The molecule has 1 aromatic rings. The van der Waals surface area contributed by atoms with Crippen molar-refractivity contribution in [3.63, 3.8) is 0 Å². The van der Waals surface area contributed by atoms with Crippen LogP contribution < -0.4 is 4.72 Å². The molecule has 0 aliphatic carbocycles. The lowest BCUT2D eigenvalue weighted by Crippen LogP contribution is -2.22. The Balaban J connectivity index is 2.83. The fourth-order valence-corrected chi connectivity index (χ4v) is 3.68. The van der Waals surface area contributed by atoms with E-state index in [0.29, 0.717) is 11.6 Å². The molecule has 96 valence electrons. The molecule has 1 rings (SSSR count). The summed E-state index contributed by atoms with van der Waals surface area (Å²) in [7, 11) is -3.33. The minimum Gasteiger partial charge on any atom is -0.282 e. The van der Waals surface area contributed by atoms with Gasteiger partial charge in [0.1, 0.15) is 0 Å². The summed E-state index contributed by atoms with van der Waals surface area (Å²) < 4.78 is 26.3. The second-order valence-electron chi connectivity index (χ2n) is 3.84. The lowest BCUT2D eigenvalue weighted by molar-refractivity contribution is 0.588. The lowest BCUT2D eigenvalue weighted by atomic mass is 10.3. The highest BCUT2D eigenvalue weighted by molar-refractivity contribution is 7.99. The van der Waals surface area contributed by atoms with E-state index in [2.05, 4.69) is 4.72 Å². The van der Waals surface area contributed by atoms with E-state index >= 15 is 0 Å². The largest absolute Gasteiger partial charge is 0.282 e. The first-order chi connectivity index (χ1) is 7.98. The van der Waals surface area contributed by atoms with Crippen LogP contribution in [0.3, 0.4) is 0 Å². The highest BCUT2D eigenvalue weighted by Gasteiger charge is 2.16. The zero-order valence-electron chi connectivity index (χ0n) is 9.81. The average Bonchev–Trinajstić information content (AvgIpc) is 2.28. The van der Waals surface area contributed by atoms with Crippen molar-refractivity contribution >= 4 is 39.1 Å². The van der Waals surface area contributed by atoms with Crippen LogP contribution in [-0.2, 0) is 10.0 Å². The van der Waals surface area contributed by atoms with Gasteiger partial charge in [0.2, 0.25) is 10.0 Å². The van der Waals surface area contributed by atoms with Crippen LogP contribution in [0.4, 0.5) is 5.69 Å². The predicted molar refractivity (Wildman–Crippen MR) is 75.5 cm³/mol. The average molecular weight is 294 g/mol. The van der Waals surface area contributed by atoms with Gasteiger partial charge in [-0.05, 0) is 24.3 Å². The molecule has 0 fully saturated rings. The van der Waals surface area contributed by atoms with E-state index in [9.17, 15) is 8.42 Å². The van der Waals surface area contributed by atoms with Crippen molar-refractivity contribution in [2.45, 2.75) is 11.8 Å². The highest BCUT2D eigenvalue weighted by Crippen LogP contribution is 2.25. The van der Waals surface area contributed by atoms with Gasteiger partial charge in [0.25, 0.3) is 0 Å². The maximum atomic E-state index is 11.9. The van der Waals surface area contributed by atoms with E-state index < -0.39 is 10.0 Å². The third-order valence-corrected chi connectivity index (χ3v) is 5.00. The van der Waals surface area contributed by atoms with E-state index in [4.69, 9.17) is 11.6 Å². The molecule has 0 heterocycles. The Morgan fingerprint density at radius 3 is 2.65 bits per heavy atom. The quantitative estimate of drug-likeness (QED) is 0.648. The summed E-state index contributed by atoms with van der Waals surface area (Å²) >= 11 is 7.13. The molecule has 0 saturated heterocycles. The van der Waals surface area contributed by atoms with Gasteiger partial charge in [-0.15, -0.1) is 23.4 Å². The van der Waals surface area contributed by atoms with Gasteiger partial charge in [0.05, 0.1) is 11.4 Å². The minimum atomic E-state index is -3.33. The third-order valence-electron chi connectivity index (χ3n) is 2.14. The summed E-state index contributed by atoms with van der Waals surface area (Å²) in [5, 5.41) is 0. The number of alkyl halides is 1. The summed E-state index contributed by atoms with van der Waals surface area (Å²) in [5.41, 5.74) is 0.627. The van der Waals surface area contributed by atoms with Gasteiger partial charge in [0, 0.05) is 10.8 Å². The van der Waals surface area contributed by atoms with Crippen LogP contribution >= 0.6 is 23.4 Å². The van der Waals surface area contributed by atoms with Crippen LogP contribution in [0.1, 0.15) is 6.92 Å². The molecule has 3 nitrogen and oxygen atoms in total. The molecule has 1 aromatic carbocycles. The number of nitrogens with one attached hydrogen (secondary N) is 1. The summed E-state index contributed by atoms with van der Waals surface area (Å²) in [6.45, 7) is 1.81. The standard InChI is InChI=1S/C11H16ClNO2S2/c1-9(7-12)8-17(14,15)13-10-5-3-4-6-11(10)16-2/h3-6,9,13H,7-8H2,1-2H3. The van der Waals surface area contributed by atoms with Crippen LogP contribution in [-0.4, -0.2) is 26.3 Å². The van der Waals surface area contributed by atoms with Crippen LogP contribution in [0.2, 0.25) is 0 Å². The summed E-state index contributed by atoms with van der Waals surface area (Å²) in [6.07, 6.45) is 1.91. The van der Waals surface area contributed by atoms with Crippen molar-refractivity contribution in [1.82, 2.24) is 0 Å². The maximum absolute atomic E-state index is 11.9. The Kier molecular flexibility index (Phi) is 5.62. The van der Waals surface area contributed by atoms with Crippen molar-refractivity contribution in [2.24, 2.45) is 5.92 Å². The summed E-state index contributed by atoms with van der Waals surface area (Å²) in [4.78, 5) is 0.912. The van der Waals surface area contributed by atoms with Crippen LogP contribution in [0.5, 0.6) is 0 Å². The lowest BCUT2D eigenvalue weighted by Gasteiger charge is -2.13. The van der Waals surface area contributed by atoms with Gasteiger partial charge in [0.15, 0.2) is 0 Å². The molecule has 17 heavy (non-hydrogen) atoms. The Morgan fingerprint density at radius 1 is 1.41 bits per heavy atom. The summed E-state index contributed by atoms with van der Waals surface area (Å²) in [5.74, 6) is 0.320. The number of para-hydroxylation sites is 1. The molecule has 0 aliphatic heterocycles. The second-order valence-corrected chi connectivity index (χ2v) is 6.77. The van der Waals surface area contributed by atoms with Crippen molar-refractivity contribution < 1.29 is 8.42 Å². The van der Waals surface area contributed by atoms with Crippen LogP contribution in [0.15, 0.2) is 29.2 Å². The molecule has 0 aliphatic rings. The number of thioether (sulfide) groups is 1. The van der Waals surface area contributed by atoms with E-state index in [1.165, 1.54) is 11.8 Å².